The van der Waals surface area contributed by atoms with E-state index in [-0.39, 0.29) is 54.4 Å². The van der Waals surface area contributed by atoms with Crippen LogP contribution in [0.25, 0.3) is 6.08 Å². The lowest BCUT2D eigenvalue weighted by molar-refractivity contribution is -0.152. The van der Waals surface area contributed by atoms with Gasteiger partial charge in [-0.1, -0.05) is 25.2 Å². The smallest absolute Gasteiger partial charge is 0.415 e. The Morgan fingerprint density at radius 2 is 1.76 bits per heavy atom. The van der Waals surface area contributed by atoms with Crippen LogP contribution in [0.4, 0.5) is 10.5 Å². The molecule has 12 nitrogen and oxygen atoms in total. The second-order valence-electron chi connectivity index (χ2n) is 12.8. The van der Waals surface area contributed by atoms with E-state index in [0.29, 0.717) is 5.56 Å². The Balaban J connectivity index is 2.22. The van der Waals surface area contributed by atoms with Crippen molar-refractivity contribution >= 4 is 35.5 Å². The number of hydrogen-bond acceptors (Lipinski definition) is 10. The molecule has 2 amide bonds. The highest BCUT2D eigenvalue weighted by Gasteiger charge is 2.43. The molecule has 0 spiro atoms. The molecule has 1 saturated heterocycles. The van der Waals surface area contributed by atoms with Gasteiger partial charge in [0.15, 0.2) is 18.4 Å². The number of rotatable bonds is 6. The number of methoxy groups -OCH3 is 1. The number of amides is 2. The second-order valence-corrected chi connectivity index (χ2v) is 12.8. The highest BCUT2D eigenvalue weighted by Crippen LogP contribution is 2.35. The molecule has 0 aromatic heterocycles. The number of fused-ring (bicyclic) bond motifs is 2. The maximum Gasteiger partial charge on any atom is 0.415 e. The van der Waals surface area contributed by atoms with Gasteiger partial charge in [-0.15, -0.1) is 0 Å². The van der Waals surface area contributed by atoms with E-state index in [0.717, 1.165) is 0 Å². The summed E-state index contributed by atoms with van der Waals surface area (Å²) in [6.07, 6.45) is 3.98. The van der Waals surface area contributed by atoms with Gasteiger partial charge in [-0.2, -0.15) is 0 Å². The van der Waals surface area contributed by atoms with E-state index in [4.69, 9.17) is 28.4 Å². The summed E-state index contributed by atoms with van der Waals surface area (Å²) in [6.45, 7) is 11.6. The van der Waals surface area contributed by atoms with Crippen molar-refractivity contribution in [2.24, 2.45) is 5.92 Å². The molecule has 0 aliphatic carbocycles. The zero-order valence-electron chi connectivity index (χ0n) is 27.9. The molecule has 1 aromatic carbocycles. The van der Waals surface area contributed by atoms with Crippen molar-refractivity contribution in [3.05, 3.63) is 41.5 Å². The minimum atomic E-state index is -0.974. The Hall–Kier alpha value is -3.74. The number of cyclic esters (lactones) is 1. The Labute approximate surface area is 265 Å². The molecule has 1 fully saturated rings. The van der Waals surface area contributed by atoms with Crippen LogP contribution in [0.2, 0.25) is 0 Å². The standard InChI is InChI=1S/C33H46N2O10/c1-20-14-15-24(36)29-25(43-33(6,7)44-29)13-11-12-22-16-23(17-26(41-19-40-10)28(22)30(38)42-21(20)2)35(18-27(37)34(8)9)31(39)45-32(3,4)5/h11-12,14-17,20-21,25,29H,13,18-19H2,1-10H3/t20-,21+,25+,29-/m1/s1. The van der Waals surface area contributed by atoms with Gasteiger partial charge >= 0.3 is 12.1 Å². The Morgan fingerprint density at radius 1 is 1.07 bits per heavy atom. The van der Waals surface area contributed by atoms with Crippen molar-refractivity contribution in [3.8, 4) is 5.75 Å². The third-order valence-electron chi connectivity index (χ3n) is 7.10. The zero-order valence-corrected chi connectivity index (χ0v) is 27.9. The average Bonchev–Trinajstić information content (AvgIpc) is 3.25. The van der Waals surface area contributed by atoms with Crippen LogP contribution >= 0.6 is 0 Å². The van der Waals surface area contributed by atoms with Crippen LogP contribution in [0.15, 0.2) is 30.4 Å². The first-order valence-corrected chi connectivity index (χ1v) is 14.9. The summed E-state index contributed by atoms with van der Waals surface area (Å²) in [5.41, 5.74) is -0.188. The third-order valence-corrected chi connectivity index (χ3v) is 7.10. The van der Waals surface area contributed by atoms with Crippen molar-refractivity contribution in [1.29, 1.82) is 0 Å². The molecule has 45 heavy (non-hydrogen) atoms. The monoisotopic (exact) mass is 630 g/mol. The highest BCUT2D eigenvalue weighted by molar-refractivity contribution is 6.00. The number of benzene rings is 1. The number of carbonyl (C=O) groups excluding carboxylic acids is 4. The van der Waals surface area contributed by atoms with Gasteiger partial charge in [-0.05, 0) is 65.7 Å². The molecule has 4 atom stereocenters. The van der Waals surface area contributed by atoms with Crippen LogP contribution in [-0.4, -0.2) is 92.9 Å². The molecular weight excluding hydrogens is 584 g/mol. The molecule has 2 aliphatic rings. The zero-order chi connectivity index (χ0) is 33.7. The summed E-state index contributed by atoms with van der Waals surface area (Å²) < 4.78 is 34.5. The van der Waals surface area contributed by atoms with E-state index in [2.05, 4.69) is 0 Å². The molecule has 0 N–H and O–H groups in total. The van der Waals surface area contributed by atoms with E-state index in [1.807, 2.05) is 6.92 Å². The molecule has 0 unspecified atom stereocenters. The summed E-state index contributed by atoms with van der Waals surface area (Å²) in [7, 11) is 4.59. The lowest BCUT2D eigenvalue weighted by atomic mass is 9.99. The fraction of sp³-hybridized carbons (Fsp3) is 0.576. The fourth-order valence-electron chi connectivity index (χ4n) is 4.63. The number of likely N-dealkylation sites (N-methyl/N-ethyl adjacent to an activating group) is 1. The van der Waals surface area contributed by atoms with Crippen molar-refractivity contribution in [2.45, 2.75) is 84.6 Å². The van der Waals surface area contributed by atoms with Gasteiger partial charge in [0.05, 0.1) is 11.8 Å². The lowest BCUT2D eigenvalue weighted by Crippen LogP contribution is -2.43. The third kappa shape index (κ3) is 9.62. The quantitative estimate of drug-likeness (QED) is 0.321. The summed E-state index contributed by atoms with van der Waals surface area (Å²) in [5, 5.41) is 0. The Bertz CT molecular complexity index is 1330. The average molecular weight is 631 g/mol. The van der Waals surface area contributed by atoms with Crippen LogP contribution < -0.4 is 9.64 Å². The van der Waals surface area contributed by atoms with Gasteiger partial charge in [0.25, 0.3) is 0 Å². The number of ketones is 1. The van der Waals surface area contributed by atoms with Gasteiger partial charge in [0.1, 0.15) is 35.7 Å². The number of anilines is 1. The SMILES string of the molecule is COCOc1cc(N(CC(=O)N(C)C)C(=O)OC(C)(C)C)cc2c1C(=O)O[C@@H](C)[C@H](C)C=CC(=O)[C@H]1OC(C)(C)O[C@H]1CC=C2. The first-order valence-electron chi connectivity index (χ1n) is 14.9. The number of hydrogen-bond donors (Lipinski definition) is 0. The number of ether oxygens (including phenoxy) is 6. The van der Waals surface area contributed by atoms with E-state index >= 15 is 0 Å². The number of carbonyl (C=O) groups is 4. The minimum Gasteiger partial charge on any atom is -0.467 e. The number of esters is 1. The molecule has 2 heterocycles. The fourth-order valence-corrected chi connectivity index (χ4v) is 4.63. The summed E-state index contributed by atoms with van der Waals surface area (Å²) in [4.78, 5) is 55.7. The molecule has 248 valence electrons. The summed E-state index contributed by atoms with van der Waals surface area (Å²) in [5.74, 6) is -2.52. The topological polar surface area (TPSA) is 130 Å². The van der Waals surface area contributed by atoms with Gasteiger partial charge in [0, 0.05) is 33.2 Å². The van der Waals surface area contributed by atoms with Crippen LogP contribution in [0.3, 0.4) is 0 Å². The first-order chi connectivity index (χ1) is 20.9. The van der Waals surface area contributed by atoms with Crippen LogP contribution in [0.5, 0.6) is 5.75 Å². The van der Waals surface area contributed by atoms with Gasteiger partial charge < -0.3 is 33.3 Å². The number of nitrogens with zero attached hydrogens (tertiary/aromatic N) is 2. The van der Waals surface area contributed by atoms with Crippen molar-refractivity contribution in [1.82, 2.24) is 4.90 Å². The van der Waals surface area contributed by atoms with Gasteiger partial charge in [-0.25, -0.2) is 9.59 Å². The predicted octanol–water partition coefficient (Wildman–Crippen LogP) is 4.74. The van der Waals surface area contributed by atoms with Gasteiger partial charge in [0.2, 0.25) is 5.91 Å². The lowest BCUT2D eigenvalue weighted by Gasteiger charge is -2.29. The molecule has 3 rings (SSSR count). The second kappa shape index (κ2) is 14.6. The van der Waals surface area contributed by atoms with Crippen molar-refractivity contribution in [2.75, 3.05) is 39.4 Å². The van der Waals surface area contributed by atoms with Crippen molar-refractivity contribution < 1.29 is 47.6 Å². The van der Waals surface area contributed by atoms with E-state index < -0.39 is 41.8 Å². The highest BCUT2D eigenvalue weighted by atomic mass is 16.8. The van der Waals surface area contributed by atoms with Crippen LogP contribution in [0, 0.1) is 5.92 Å². The maximum absolute atomic E-state index is 13.7. The molecule has 0 radical (unpaired) electrons. The van der Waals surface area contributed by atoms with E-state index in [1.165, 1.54) is 29.1 Å². The van der Waals surface area contributed by atoms with Crippen LogP contribution in [-0.2, 0) is 33.3 Å². The molecular formula is C33H46N2O10. The van der Waals surface area contributed by atoms with Crippen molar-refractivity contribution in [3.63, 3.8) is 0 Å². The molecule has 1 aromatic rings. The first kappa shape index (κ1) is 35.7. The largest absolute Gasteiger partial charge is 0.467 e. The van der Waals surface area contributed by atoms with E-state index in [1.54, 1.807) is 79.9 Å². The molecule has 0 bridgehead atoms. The summed E-state index contributed by atoms with van der Waals surface area (Å²) >= 11 is 0. The van der Waals surface area contributed by atoms with E-state index in [9.17, 15) is 19.2 Å². The van der Waals surface area contributed by atoms with Crippen LogP contribution in [0.1, 0.15) is 70.8 Å². The predicted molar refractivity (Wildman–Crippen MR) is 167 cm³/mol. The summed E-state index contributed by atoms with van der Waals surface area (Å²) in [6, 6.07) is 3.06. The molecule has 2 aliphatic heterocycles. The van der Waals surface area contributed by atoms with Gasteiger partial charge in [-0.3, -0.25) is 14.5 Å². The normalized spacial score (nSPS) is 23.3. The molecule has 12 heteroatoms. The minimum absolute atomic E-state index is 0.0713. The maximum atomic E-state index is 13.7. The Morgan fingerprint density at radius 3 is 2.38 bits per heavy atom. The Kier molecular flexibility index (Phi) is 11.6. The molecule has 0 saturated carbocycles.